The van der Waals surface area contributed by atoms with E-state index in [-0.39, 0.29) is 22.1 Å². The van der Waals surface area contributed by atoms with E-state index < -0.39 is 16.1 Å². The zero-order chi connectivity index (χ0) is 29.4. The number of aryl methyl sites for hydroxylation is 1. The Kier molecular flexibility index (Phi) is 8.10. The minimum absolute atomic E-state index is 0.0261. The lowest BCUT2D eigenvalue weighted by atomic mass is 9.86. The third kappa shape index (κ3) is 6.25. The summed E-state index contributed by atoms with van der Waals surface area (Å²) in [5.74, 6) is 0.751. The van der Waals surface area contributed by atoms with Crippen LogP contribution in [0.5, 0.6) is 0 Å². The summed E-state index contributed by atoms with van der Waals surface area (Å²) >= 11 is 6.09. The van der Waals surface area contributed by atoms with Crippen molar-refractivity contribution in [2.75, 3.05) is 4.90 Å². The van der Waals surface area contributed by atoms with E-state index in [2.05, 4.69) is 30.5 Å². The summed E-state index contributed by atoms with van der Waals surface area (Å²) in [6.07, 6.45) is 4.48. The van der Waals surface area contributed by atoms with Crippen molar-refractivity contribution in [3.05, 3.63) is 113 Å². The van der Waals surface area contributed by atoms with Gasteiger partial charge >= 0.3 is 0 Å². The Morgan fingerprint density at radius 3 is 2.56 bits per heavy atom. The van der Waals surface area contributed by atoms with Crippen molar-refractivity contribution < 1.29 is 13.2 Å². The molecule has 1 aliphatic carbocycles. The molecule has 41 heavy (non-hydrogen) atoms. The molecular formula is C32H35ClN4O3S. The van der Waals surface area contributed by atoms with Crippen LogP contribution in [0.2, 0.25) is 5.02 Å². The van der Waals surface area contributed by atoms with E-state index >= 15 is 0 Å². The van der Waals surface area contributed by atoms with Crippen molar-refractivity contribution in [3.8, 4) is 0 Å². The molecule has 2 atom stereocenters. The van der Waals surface area contributed by atoms with Crippen LogP contribution < -0.4 is 9.62 Å². The Bertz CT molecular complexity index is 1670. The normalized spacial score (nSPS) is 16.8. The first kappa shape index (κ1) is 29.0. The largest absolute Gasteiger partial charge is 0.337 e. The third-order valence-corrected chi connectivity index (χ3v) is 9.65. The number of imidazole rings is 1. The molecule has 1 N–H and O–H groups in total. The van der Waals surface area contributed by atoms with Gasteiger partial charge in [-0.1, -0.05) is 74.8 Å². The van der Waals surface area contributed by atoms with E-state index in [9.17, 15) is 13.2 Å². The van der Waals surface area contributed by atoms with Crippen molar-refractivity contribution in [3.63, 3.8) is 0 Å². The van der Waals surface area contributed by atoms with Gasteiger partial charge in [0.1, 0.15) is 5.82 Å². The van der Waals surface area contributed by atoms with Crippen LogP contribution in [0.4, 0.5) is 5.69 Å². The molecule has 0 unspecified atom stereocenters. The van der Waals surface area contributed by atoms with Crippen LogP contribution in [0, 0.1) is 0 Å². The molecular weight excluding hydrogens is 556 g/mol. The number of benzene rings is 3. The van der Waals surface area contributed by atoms with E-state index in [4.69, 9.17) is 11.6 Å². The van der Waals surface area contributed by atoms with Crippen LogP contribution in [0.15, 0.2) is 90.1 Å². The zero-order valence-corrected chi connectivity index (χ0v) is 25.3. The predicted molar refractivity (Wildman–Crippen MR) is 162 cm³/mol. The highest BCUT2D eigenvalue weighted by atomic mass is 35.5. The Morgan fingerprint density at radius 2 is 1.88 bits per heavy atom. The van der Waals surface area contributed by atoms with Gasteiger partial charge in [-0.15, -0.1) is 0 Å². The first-order valence-electron chi connectivity index (χ1n) is 13.7. The first-order chi connectivity index (χ1) is 19.4. The Hall–Kier alpha value is -3.46. The van der Waals surface area contributed by atoms with Gasteiger partial charge in [0.15, 0.2) is 0 Å². The molecule has 0 saturated heterocycles. The predicted octanol–water partition coefficient (Wildman–Crippen LogP) is 6.50. The summed E-state index contributed by atoms with van der Waals surface area (Å²) in [4.78, 5) is 20.2. The highest BCUT2D eigenvalue weighted by molar-refractivity contribution is 7.89. The number of hydrogen-bond acceptors (Lipinski definition) is 4. The molecule has 1 amide bonds. The fourth-order valence-corrected chi connectivity index (χ4v) is 7.15. The molecule has 9 heteroatoms. The maximum atomic E-state index is 13.9. The van der Waals surface area contributed by atoms with Gasteiger partial charge in [0.05, 0.1) is 11.4 Å². The summed E-state index contributed by atoms with van der Waals surface area (Å²) in [5, 5.41) is 0.357. The molecule has 0 spiro atoms. The topological polar surface area (TPSA) is 84.3 Å². The Balaban J connectivity index is 1.49. The van der Waals surface area contributed by atoms with Crippen molar-refractivity contribution in [2.24, 2.45) is 7.05 Å². The summed E-state index contributed by atoms with van der Waals surface area (Å²) in [7, 11) is -1.92. The number of hydrogen-bond donors (Lipinski definition) is 1. The summed E-state index contributed by atoms with van der Waals surface area (Å²) in [5.41, 5.74) is 3.48. The fraction of sp³-hybridized carbons (Fsp3) is 0.312. The van der Waals surface area contributed by atoms with Crippen LogP contribution in [-0.2, 0) is 33.8 Å². The second-order valence-corrected chi connectivity index (χ2v) is 13.6. The van der Waals surface area contributed by atoms with Crippen molar-refractivity contribution in [1.29, 1.82) is 0 Å². The van der Waals surface area contributed by atoms with Gasteiger partial charge in [-0.25, -0.2) is 18.1 Å². The smallest absolute Gasteiger partial charge is 0.241 e. The van der Waals surface area contributed by atoms with E-state index in [1.54, 1.807) is 23.2 Å². The highest BCUT2D eigenvalue weighted by Crippen LogP contribution is 2.46. The van der Waals surface area contributed by atoms with E-state index in [1.165, 1.54) is 12.1 Å². The number of rotatable bonds is 9. The minimum atomic E-state index is -3.83. The van der Waals surface area contributed by atoms with E-state index in [0.29, 0.717) is 30.1 Å². The standard InChI is InChI=1S/C32H35ClN4O3S/c1-22(23-9-6-5-7-10-23)17-31(38)37(21-30-34-15-16-36(30)4)25-13-14-28-27(19-25)29(20-32(28,2)3)35-41(39,40)26-12-8-11-24(33)18-26/h5-16,18-19,22,29,35H,17,20-21H2,1-4H3/t22-,29+/m0/s1. The number of halogens is 1. The SMILES string of the molecule is C[C@@H](CC(=O)N(Cc1nccn1C)c1ccc2c(c1)[C@H](NS(=O)(=O)c1cccc(Cl)c1)CC2(C)C)c1ccccc1. The number of amides is 1. The van der Waals surface area contributed by atoms with Crippen LogP contribution in [-0.4, -0.2) is 23.9 Å². The average molecular weight is 591 g/mol. The molecule has 214 valence electrons. The summed E-state index contributed by atoms with van der Waals surface area (Å²) < 4.78 is 31.5. The lowest BCUT2D eigenvalue weighted by molar-refractivity contribution is -0.119. The number of nitrogens with one attached hydrogen (secondary N) is 1. The molecule has 0 saturated carbocycles. The number of sulfonamides is 1. The molecule has 0 bridgehead atoms. The average Bonchev–Trinajstić information content (AvgIpc) is 3.45. The lowest BCUT2D eigenvalue weighted by Gasteiger charge is -2.26. The quantitative estimate of drug-likeness (QED) is 0.241. The van der Waals surface area contributed by atoms with Gasteiger partial charge in [0, 0.05) is 42.6 Å². The molecule has 3 aromatic carbocycles. The van der Waals surface area contributed by atoms with Gasteiger partial charge in [-0.2, -0.15) is 0 Å². The van der Waals surface area contributed by atoms with Crippen molar-refractivity contribution >= 4 is 33.2 Å². The highest BCUT2D eigenvalue weighted by Gasteiger charge is 2.39. The Labute approximate surface area is 247 Å². The second kappa shape index (κ2) is 11.4. The number of carbonyl (C=O) groups is 1. The van der Waals surface area contributed by atoms with Crippen LogP contribution >= 0.6 is 11.6 Å². The maximum absolute atomic E-state index is 13.9. The van der Waals surface area contributed by atoms with Crippen LogP contribution in [0.25, 0.3) is 0 Å². The molecule has 1 aliphatic rings. The number of nitrogens with zero attached hydrogens (tertiary/aromatic N) is 3. The third-order valence-electron chi connectivity index (χ3n) is 7.94. The maximum Gasteiger partial charge on any atom is 0.241 e. The van der Waals surface area contributed by atoms with Gasteiger partial charge in [-0.05, 0) is 64.8 Å². The second-order valence-electron chi connectivity index (χ2n) is 11.4. The number of anilines is 1. The summed E-state index contributed by atoms with van der Waals surface area (Å²) in [6, 6.07) is 21.7. The molecule has 5 rings (SSSR count). The fourth-order valence-electron chi connectivity index (χ4n) is 5.63. The molecule has 0 radical (unpaired) electrons. The number of carbonyl (C=O) groups excluding carboxylic acids is 1. The summed E-state index contributed by atoms with van der Waals surface area (Å²) in [6.45, 7) is 6.57. The molecule has 1 heterocycles. The van der Waals surface area contributed by atoms with Gasteiger partial charge in [-0.3, -0.25) is 4.79 Å². The first-order valence-corrected chi connectivity index (χ1v) is 15.5. The van der Waals surface area contributed by atoms with Gasteiger partial charge in [0.2, 0.25) is 15.9 Å². The van der Waals surface area contributed by atoms with E-state index in [0.717, 1.165) is 22.5 Å². The molecule has 4 aromatic rings. The molecule has 0 fully saturated rings. The van der Waals surface area contributed by atoms with Crippen LogP contribution in [0.1, 0.15) is 68.1 Å². The lowest BCUT2D eigenvalue weighted by Crippen LogP contribution is -2.32. The van der Waals surface area contributed by atoms with Crippen molar-refractivity contribution in [2.45, 2.75) is 62.4 Å². The zero-order valence-electron chi connectivity index (χ0n) is 23.7. The Morgan fingerprint density at radius 1 is 1.12 bits per heavy atom. The van der Waals surface area contributed by atoms with Crippen LogP contribution in [0.3, 0.4) is 0 Å². The number of fused-ring (bicyclic) bond motifs is 1. The van der Waals surface area contributed by atoms with Gasteiger partial charge < -0.3 is 9.47 Å². The van der Waals surface area contributed by atoms with Crippen molar-refractivity contribution in [1.82, 2.24) is 14.3 Å². The van der Waals surface area contributed by atoms with E-state index in [1.807, 2.05) is 66.3 Å². The molecule has 0 aliphatic heterocycles. The van der Waals surface area contributed by atoms with Gasteiger partial charge in [0.25, 0.3) is 0 Å². The minimum Gasteiger partial charge on any atom is -0.337 e. The number of aromatic nitrogens is 2. The molecule has 1 aromatic heterocycles. The molecule has 7 nitrogen and oxygen atoms in total. The monoisotopic (exact) mass is 590 g/mol.